The van der Waals surface area contributed by atoms with E-state index in [0.717, 1.165) is 16.7 Å². The number of aromatic nitrogens is 2. The molecule has 0 radical (unpaired) electrons. The standard InChI is InChI=1S/C15H10F2N2O5S/c1-24-10-9-12(20)18-15(23)19(13(9)25-11(10)17)5-6-2-3-8(16)7(4-6)14(21)22/h2-4H,5H2,1H3,(H,21,22)(H,18,20,23). The lowest BCUT2D eigenvalue weighted by molar-refractivity contribution is 0.0691. The quantitative estimate of drug-likeness (QED) is 0.731. The molecule has 3 rings (SSSR count). The molecule has 0 aliphatic heterocycles. The van der Waals surface area contributed by atoms with Crippen molar-refractivity contribution in [1.82, 2.24) is 9.55 Å². The molecule has 130 valence electrons. The van der Waals surface area contributed by atoms with Gasteiger partial charge in [0.15, 0.2) is 5.75 Å². The molecule has 0 saturated heterocycles. The number of aromatic carboxylic acids is 1. The third-order valence-electron chi connectivity index (χ3n) is 3.55. The first-order chi connectivity index (χ1) is 11.8. The number of H-pyrrole nitrogens is 1. The lowest BCUT2D eigenvalue weighted by atomic mass is 10.1. The summed E-state index contributed by atoms with van der Waals surface area (Å²) in [5.74, 6) is -2.65. The van der Waals surface area contributed by atoms with Crippen molar-refractivity contribution < 1.29 is 23.4 Å². The maximum atomic E-state index is 14.0. The molecule has 3 aromatic rings. The molecule has 0 bridgehead atoms. The van der Waals surface area contributed by atoms with Gasteiger partial charge in [0.1, 0.15) is 16.0 Å². The Morgan fingerprint density at radius 3 is 2.72 bits per heavy atom. The average Bonchev–Trinajstić information content (AvgIpc) is 2.89. The Hall–Kier alpha value is -3.01. The van der Waals surface area contributed by atoms with Crippen molar-refractivity contribution in [1.29, 1.82) is 0 Å². The second-order valence-corrected chi connectivity index (χ2v) is 6.00. The van der Waals surface area contributed by atoms with E-state index in [1.165, 1.54) is 13.2 Å². The van der Waals surface area contributed by atoms with Crippen LogP contribution in [0.2, 0.25) is 0 Å². The Bertz CT molecular complexity index is 1120. The zero-order valence-corrected chi connectivity index (χ0v) is 13.4. The van der Waals surface area contributed by atoms with Crippen molar-refractivity contribution in [2.45, 2.75) is 6.54 Å². The molecule has 0 amide bonds. The lowest BCUT2D eigenvalue weighted by Crippen LogP contribution is -2.30. The molecule has 0 unspecified atom stereocenters. The monoisotopic (exact) mass is 368 g/mol. The Morgan fingerprint density at radius 1 is 1.36 bits per heavy atom. The summed E-state index contributed by atoms with van der Waals surface area (Å²) in [4.78, 5) is 37.2. The second kappa shape index (κ2) is 6.13. The summed E-state index contributed by atoms with van der Waals surface area (Å²) in [6, 6.07) is 3.33. The first-order valence-corrected chi connectivity index (χ1v) is 7.66. The van der Waals surface area contributed by atoms with Crippen LogP contribution in [0.3, 0.4) is 0 Å². The summed E-state index contributed by atoms with van der Waals surface area (Å²) in [5.41, 5.74) is -1.86. The zero-order valence-electron chi connectivity index (χ0n) is 12.6. The highest BCUT2D eigenvalue weighted by molar-refractivity contribution is 7.17. The zero-order chi connectivity index (χ0) is 18.3. The van der Waals surface area contributed by atoms with E-state index < -0.39 is 33.7 Å². The minimum Gasteiger partial charge on any atom is -0.492 e. The number of ether oxygens (including phenoxy) is 1. The Balaban J connectivity index is 2.20. The molecule has 2 N–H and O–H groups in total. The third kappa shape index (κ3) is 2.80. The number of hydrogen-bond acceptors (Lipinski definition) is 5. The normalized spacial score (nSPS) is 11.0. The summed E-state index contributed by atoms with van der Waals surface area (Å²) in [6.07, 6.45) is 0. The predicted molar refractivity (Wildman–Crippen MR) is 85.7 cm³/mol. The second-order valence-electron chi connectivity index (χ2n) is 5.05. The van der Waals surface area contributed by atoms with Crippen LogP contribution in [0, 0.1) is 10.9 Å². The van der Waals surface area contributed by atoms with Crippen molar-refractivity contribution >= 4 is 27.5 Å². The van der Waals surface area contributed by atoms with Crippen molar-refractivity contribution in [3.8, 4) is 5.75 Å². The number of carboxylic acid groups (broad SMARTS) is 1. The molecule has 1 aromatic carbocycles. The Labute approximate surface area is 141 Å². The summed E-state index contributed by atoms with van der Waals surface area (Å²) >= 11 is 0.552. The van der Waals surface area contributed by atoms with E-state index in [0.29, 0.717) is 16.9 Å². The van der Waals surface area contributed by atoms with Gasteiger partial charge in [-0.15, -0.1) is 0 Å². The highest BCUT2D eigenvalue weighted by Crippen LogP contribution is 2.33. The van der Waals surface area contributed by atoms with Crippen molar-refractivity contribution in [2.24, 2.45) is 0 Å². The average molecular weight is 368 g/mol. The van der Waals surface area contributed by atoms with Gasteiger partial charge in [-0.1, -0.05) is 17.4 Å². The molecule has 2 aromatic heterocycles. The molecule has 25 heavy (non-hydrogen) atoms. The number of nitrogens with zero attached hydrogens (tertiary/aromatic N) is 1. The van der Waals surface area contributed by atoms with Gasteiger partial charge in [-0.25, -0.2) is 14.0 Å². The minimum atomic E-state index is -1.46. The molecular weight excluding hydrogens is 358 g/mol. The van der Waals surface area contributed by atoms with Gasteiger partial charge >= 0.3 is 11.7 Å². The number of benzene rings is 1. The van der Waals surface area contributed by atoms with Crippen molar-refractivity contribution in [3.05, 3.63) is 61.1 Å². The predicted octanol–water partition coefficient (Wildman–Crippen LogP) is 1.78. The van der Waals surface area contributed by atoms with E-state index in [2.05, 4.69) is 4.98 Å². The van der Waals surface area contributed by atoms with Crippen LogP contribution in [0.1, 0.15) is 15.9 Å². The van der Waals surface area contributed by atoms with Crippen LogP contribution in [-0.2, 0) is 6.54 Å². The van der Waals surface area contributed by atoms with Crippen LogP contribution in [0.15, 0.2) is 27.8 Å². The largest absolute Gasteiger partial charge is 0.492 e. The fraction of sp³-hybridized carbons (Fsp3) is 0.133. The van der Waals surface area contributed by atoms with Crippen LogP contribution in [0.5, 0.6) is 5.75 Å². The number of aromatic amines is 1. The number of carbonyl (C=O) groups is 1. The van der Waals surface area contributed by atoms with Crippen LogP contribution in [0.25, 0.3) is 10.2 Å². The van der Waals surface area contributed by atoms with E-state index in [1.807, 2.05) is 0 Å². The Morgan fingerprint density at radius 2 is 2.08 bits per heavy atom. The lowest BCUT2D eigenvalue weighted by Gasteiger charge is -2.08. The van der Waals surface area contributed by atoms with Crippen molar-refractivity contribution in [3.63, 3.8) is 0 Å². The fourth-order valence-corrected chi connectivity index (χ4v) is 3.42. The topological polar surface area (TPSA) is 101 Å². The molecular formula is C15H10F2N2O5S. The van der Waals surface area contributed by atoms with Gasteiger partial charge in [0.2, 0.25) is 5.13 Å². The highest BCUT2D eigenvalue weighted by Gasteiger charge is 2.20. The Kier molecular flexibility index (Phi) is 4.13. The number of nitrogens with one attached hydrogen (secondary N) is 1. The van der Waals surface area contributed by atoms with Gasteiger partial charge in [0.05, 0.1) is 19.2 Å². The van der Waals surface area contributed by atoms with E-state index >= 15 is 0 Å². The number of fused-ring (bicyclic) bond motifs is 1. The number of rotatable bonds is 4. The maximum absolute atomic E-state index is 14.0. The molecule has 0 fully saturated rings. The maximum Gasteiger partial charge on any atom is 0.338 e. The van der Waals surface area contributed by atoms with Gasteiger partial charge in [-0.3, -0.25) is 14.3 Å². The molecule has 0 spiro atoms. The number of methoxy groups -OCH3 is 1. The molecule has 0 atom stereocenters. The first kappa shape index (κ1) is 16.8. The number of halogens is 2. The molecule has 0 aliphatic carbocycles. The van der Waals surface area contributed by atoms with Crippen molar-refractivity contribution in [2.75, 3.05) is 7.11 Å². The summed E-state index contributed by atoms with van der Waals surface area (Å²) in [5, 5.41) is 8.08. The first-order valence-electron chi connectivity index (χ1n) is 6.84. The van der Waals surface area contributed by atoms with E-state index in [9.17, 15) is 23.2 Å². The molecule has 2 heterocycles. The summed E-state index contributed by atoms with van der Waals surface area (Å²) < 4.78 is 33.4. The van der Waals surface area contributed by atoms with Crippen LogP contribution in [-0.4, -0.2) is 27.7 Å². The summed E-state index contributed by atoms with van der Waals surface area (Å²) in [7, 11) is 1.19. The molecule has 0 saturated carbocycles. The summed E-state index contributed by atoms with van der Waals surface area (Å²) in [6.45, 7) is -0.185. The van der Waals surface area contributed by atoms with Gasteiger partial charge in [0.25, 0.3) is 5.56 Å². The van der Waals surface area contributed by atoms with Gasteiger partial charge in [0, 0.05) is 0 Å². The number of carboxylic acids is 1. The number of thiophene rings is 1. The molecule has 10 heteroatoms. The van der Waals surface area contributed by atoms with Crippen LogP contribution < -0.4 is 16.0 Å². The van der Waals surface area contributed by atoms with E-state index in [-0.39, 0.29) is 22.5 Å². The van der Waals surface area contributed by atoms with Gasteiger partial charge in [-0.2, -0.15) is 4.39 Å². The van der Waals surface area contributed by atoms with Crippen LogP contribution >= 0.6 is 11.3 Å². The SMILES string of the molecule is COc1c(F)sc2c1c(=O)[nH]c(=O)n2Cc1ccc(F)c(C(=O)O)c1. The molecule has 0 aliphatic rings. The number of hydrogen-bond donors (Lipinski definition) is 2. The van der Waals surface area contributed by atoms with E-state index in [1.54, 1.807) is 0 Å². The van der Waals surface area contributed by atoms with Crippen LogP contribution in [0.4, 0.5) is 8.78 Å². The van der Waals surface area contributed by atoms with Gasteiger partial charge < -0.3 is 9.84 Å². The fourth-order valence-electron chi connectivity index (χ4n) is 2.43. The minimum absolute atomic E-state index is 0.0318. The highest BCUT2D eigenvalue weighted by atomic mass is 32.1. The molecule has 7 nitrogen and oxygen atoms in total. The smallest absolute Gasteiger partial charge is 0.338 e. The van der Waals surface area contributed by atoms with Gasteiger partial charge in [-0.05, 0) is 17.7 Å². The third-order valence-corrected chi connectivity index (χ3v) is 4.53. The van der Waals surface area contributed by atoms with E-state index in [4.69, 9.17) is 9.84 Å².